The summed E-state index contributed by atoms with van der Waals surface area (Å²) in [5.41, 5.74) is 2.08. The van der Waals surface area contributed by atoms with Crippen LogP contribution in [0.5, 0.6) is 0 Å². The molecule has 34 heavy (non-hydrogen) atoms. The molecule has 1 fully saturated rings. The van der Waals surface area contributed by atoms with Crippen molar-refractivity contribution in [3.8, 4) is 0 Å². The molecule has 0 spiro atoms. The van der Waals surface area contributed by atoms with Gasteiger partial charge in [-0.2, -0.15) is 5.10 Å². The van der Waals surface area contributed by atoms with Gasteiger partial charge in [0.2, 0.25) is 15.9 Å². The van der Waals surface area contributed by atoms with Crippen LogP contribution >= 0.6 is 0 Å². The first-order valence-electron chi connectivity index (χ1n) is 11.1. The average molecular weight is 487 g/mol. The predicted molar refractivity (Wildman–Crippen MR) is 130 cm³/mol. The van der Waals surface area contributed by atoms with Gasteiger partial charge >= 0.3 is 0 Å². The highest BCUT2D eigenvalue weighted by Crippen LogP contribution is 2.25. The number of nitrogens with one attached hydrogen (secondary N) is 1. The fourth-order valence-electron chi connectivity index (χ4n) is 4.03. The number of aromatic nitrogens is 4. The Balaban J connectivity index is 1.43. The number of amides is 1. The lowest BCUT2D eigenvalue weighted by Gasteiger charge is -2.38. The molecule has 0 radical (unpaired) electrons. The van der Waals surface area contributed by atoms with Gasteiger partial charge in [0.15, 0.2) is 5.65 Å². The number of sulfonamides is 1. The summed E-state index contributed by atoms with van der Waals surface area (Å²) in [4.78, 5) is 26.2. The van der Waals surface area contributed by atoms with Crippen molar-refractivity contribution in [2.24, 2.45) is 7.05 Å². The first-order chi connectivity index (χ1) is 16.1. The predicted octanol–water partition coefficient (Wildman–Crippen LogP) is 1.07. The van der Waals surface area contributed by atoms with E-state index in [1.54, 1.807) is 29.3 Å². The molecule has 3 heterocycles. The van der Waals surface area contributed by atoms with Crippen molar-refractivity contribution in [1.82, 2.24) is 29.0 Å². The van der Waals surface area contributed by atoms with Gasteiger partial charge in [-0.15, -0.1) is 0 Å². The molecule has 12 heteroatoms. The van der Waals surface area contributed by atoms with Gasteiger partial charge in [-0.25, -0.2) is 22.7 Å². The Bertz CT molecular complexity index is 1310. The van der Waals surface area contributed by atoms with Gasteiger partial charge < -0.3 is 10.2 Å². The SMILES string of the molecule is Cc1ccc(S(=O)(=O)N(C)C)cc1NC(=O)C(C)N1CCN(c2ncnc3c2cnn3C)CC1. The number of hydrogen-bond acceptors (Lipinski definition) is 8. The Morgan fingerprint density at radius 2 is 1.85 bits per heavy atom. The van der Waals surface area contributed by atoms with Crippen LogP contribution in [0.3, 0.4) is 0 Å². The molecule has 3 aromatic rings. The highest BCUT2D eigenvalue weighted by molar-refractivity contribution is 7.89. The third-order valence-electron chi connectivity index (χ3n) is 6.29. The highest BCUT2D eigenvalue weighted by atomic mass is 32.2. The first kappa shape index (κ1) is 24.0. The van der Waals surface area contributed by atoms with Crippen molar-refractivity contribution in [2.45, 2.75) is 24.8 Å². The molecular formula is C22H30N8O3S. The van der Waals surface area contributed by atoms with E-state index in [0.717, 1.165) is 26.7 Å². The maximum absolute atomic E-state index is 13.0. The second kappa shape index (κ2) is 9.28. The Kier molecular flexibility index (Phi) is 6.56. The van der Waals surface area contributed by atoms with Gasteiger partial charge in [-0.05, 0) is 31.5 Å². The molecule has 1 saturated heterocycles. The van der Waals surface area contributed by atoms with E-state index < -0.39 is 10.0 Å². The molecule has 1 aliphatic rings. The molecule has 0 saturated carbocycles. The minimum Gasteiger partial charge on any atom is -0.353 e. The van der Waals surface area contributed by atoms with Crippen LogP contribution in [-0.4, -0.2) is 89.6 Å². The molecule has 1 aromatic carbocycles. The minimum atomic E-state index is -3.59. The molecule has 0 aliphatic carbocycles. The smallest absolute Gasteiger partial charge is 0.242 e. The zero-order valence-corrected chi connectivity index (χ0v) is 20.9. The second-order valence-electron chi connectivity index (χ2n) is 8.66. The van der Waals surface area contributed by atoms with Crippen molar-refractivity contribution < 1.29 is 13.2 Å². The van der Waals surface area contributed by atoms with Crippen LogP contribution in [-0.2, 0) is 21.9 Å². The van der Waals surface area contributed by atoms with Crippen LogP contribution in [0.1, 0.15) is 12.5 Å². The summed E-state index contributed by atoms with van der Waals surface area (Å²) >= 11 is 0. The molecule has 1 unspecified atom stereocenters. The molecule has 1 aliphatic heterocycles. The normalized spacial score (nSPS) is 16.2. The highest BCUT2D eigenvalue weighted by Gasteiger charge is 2.28. The number of nitrogens with zero attached hydrogens (tertiary/aromatic N) is 7. The maximum atomic E-state index is 13.0. The fourth-order valence-corrected chi connectivity index (χ4v) is 4.96. The van der Waals surface area contributed by atoms with Crippen LogP contribution in [0.2, 0.25) is 0 Å². The lowest BCUT2D eigenvalue weighted by atomic mass is 10.1. The van der Waals surface area contributed by atoms with Gasteiger partial charge in [-0.1, -0.05) is 6.07 Å². The molecule has 2 aromatic heterocycles. The lowest BCUT2D eigenvalue weighted by molar-refractivity contribution is -0.120. The zero-order valence-electron chi connectivity index (χ0n) is 20.1. The molecule has 0 bridgehead atoms. The zero-order chi connectivity index (χ0) is 24.6. The Labute approximate surface area is 199 Å². The molecule has 1 N–H and O–H groups in total. The van der Waals surface area contributed by atoms with Crippen molar-refractivity contribution in [2.75, 3.05) is 50.5 Å². The minimum absolute atomic E-state index is 0.145. The van der Waals surface area contributed by atoms with E-state index in [0.29, 0.717) is 31.9 Å². The summed E-state index contributed by atoms with van der Waals surface area (Å²) in [7, 11) is 1.23. The summed E-state index contributed by atoms with van der Waals surface area (Å²) in [5.74, 6) is 0.678. The number of hydrogen-bond donors (Lipinski definition) is 1. The van der Waals surface area contributed by atoms with Crippen LogP contribution < -0.4 is 10.2 Å². The van der Waals surface area contributed by atoms with Gasteiger partial charge in [0, 0.05) is 53.0 Å². The number of benzene rings is 1. The molecular weight excluding hydrogens is 456 g/mol. The van der Waals surface area contributed by atoms with E-state index in [1.807, 2.05) is 20.9 Å². The van der Waals surface area contributed by atoms with Crippen molar-refractivity contribution >= 4 is 38.5 Å². The summed E-state index contributed by atoms with van der Waals surface area (Å²) < 4.78 is 27.8. The number of rotatable bonds is 6. The van der Waals surface area contributed by atoms with E-state index in [-0.39, 0.29) is 16.8 Å². The van der Waals surface area contributed by atoms with Crippen molar-refractivity contribution in [3.63, 3.8) is 0 Å². The van der Waals surface area contributed by atoms with Crippen LogP contribution in [0.15, 0.2) is 35.6 Å². The molecule has 1 atom stereocenters. The van der Waals surface area contributed by atoms with Crippen molar-refractivity contribution in [3.05, 3.63) is 36.3 Å². The largest absolute Gasteiger partial charge is 0.353 e. The van der Waals surface area contributed by atoms with Crippen LogP contribution in [0.4, 0.5) is 11.5 Å². The fraction of sp³-hybridized carbons (Fsp3) is 0.455. The van der Waals surface area contributed by atoms with E-state index in [4.69, 9.17) is 0 Å². The summed E-state index contributed by atoms with van der Waals surface area (Å²) in [5, 5.41) is 8.11. The van der Waals surface area contributed by atoms with Crippen LogP contribution in [0, 0.1) is 6.92 Å². The monoisotopic (exact) mass is 486 g/mol. The number of aryl methyl sites for hydroxylation is 2. The standard InChI is InChI=1S/C22H30N8O3S/c1-15-6-7-17(34(32,33)27(3)4)12-19(15)26-22(31)16(2)29-8-10-30(11-9-29)21-18-13-25-28(5)20(18)23-14-24-21/h6-7,12-14,16H,8-11H2,1-5H3,(H,26,31). The third kappa shape index (κ3) is 4.48. The van der Waals surface area contributed by atoms with Gasteiger partial charge in [0.05, 0.1) is 22.5 Å². The first-order valence-corrected chi connectivity index (χ1v) is 12.5. The average Bonchev–Trinajstić information content (AvgIpc) is 3.20. The van der Waals surface area contributed by atoms with E-state index in [2.05, 4.69) is 30.2 Å². The molecule has 1 amide bonds. The molecule has 11 nitrogen and oxygen atoms in total. The van der Waals surface area contributed by atoms with E-state index in [9.17, 15) is 13.2 Å². The van der Waals surface area contributed by atoms with Gasteiger partial charge in [0.25, 0.3) is 0 Å². The summed E-state index contributed by atoms with van der Waals surface area (Å²) in [6.07, 6.45) is 3.33. The number of fused-ring (bicyclic) bond motifs is 1. The quantitative estimate of drug-likeness (QED) is 0.550. The maximum Gasteiger partial charge on any atom is 0.242 e. The lowest BCUT2D eigenvalue weighted by Crippen LogP contribution is -2.53. The van der Waals surface area contributed by atoms with Crippen molar-refractivity contribution in [1.29, 1.82) is 0 Å². The number of anilines is 2. The third-order valence-corrected chi connectivity index (χ3v) is 8.11. The van der Waals surface area contributed by atoms with Crippen LogP contribution in [0.25, 0.3) is 11.0 Å². The number of piperazine rings is 1. The molecule has 182 valence electrons. The Morgan fingerprint density at radius 3 is 2.53 bits per heavy atom. The topological polar surface area (TPSA) is 117 Å². The number of carbonyl (C=O) groups is 1. The second-order valence-corrected chi connectivity index (χ2v) is 10.8. The Morgan fingerprint density at radius 1 is 1.15 bits per heavy atom. The molecule has 4 rings (SSSR count). The summed E-state index contributed by atoms with van der Waals surface area (Å²) in [6.45, 7) is 6.52. The van der Waals surface area contributed by atoms with Gasteiger partial charge in [-0.3, -0.25) is 14.4 Å². The number of carbonyl (C=O) groups excluding carboxylic acids is 1. The Hall–Kier alpha value is -3.09. The van der Waals surface area contributed by atoms with E-state index >= 15 is 0 Å². The van der Waals surface area contributed by atoms with Gasteiger partial charge in [0.1, 0.15) is 12.1 Å². The summed E-state index contributed by atoms with van der Waals surface area (Å²) in [6, 6.07) is 4.40. The van der Waals surface area contributed by atoms with E-state index in [1.165, 1.54) is 20.2 Å².